The molecule has 1 unspecified atom stereocenters. The average molecular weight is 389 g/mol. The smallest absolute Gasteiger partial charge is 0.242 e. The van der Waals surface area contributed by atoms with Crippen molar-refractivity contribution in [2.45, 2.75) is 58.3 Å². The summed E-state index contributed by atoms with van der Waals surface area (Å²) in [6.07, 6.45) is 3.61. The lowest BCUT2D eigenvalue weighted by Gasteiger charge is -2.23. The highest BCUT2D eigenvalue weighted by atomic mass is 32.2. The Hall–Kier alpha value is -2.28. The normalized spacial score (nSPS) is 12.5. The molecule has 7 heteroatoms. The van der Waals surface area contributed by atoms with Crippen molar-refractivity contribution >= 4 is 23.6 Å². The molecular weight excluding hydrogens is 360 g/mol. The highest BCUT2D eigenvalue weighted by Crippen LogP contribution is 2.24. The summed E-state index contributed by atoms with van der Waals surface area (Å²) >= 11 is 1.35. The molecule has 146 valence electrons. The van der Waals surface area contributed by atoms with Gasteiger partial charge in [-0.05, 0) is 58.7 Å². The summed E-state index contributed by atoms with van der Waals surface area (Å²) in [7, 11) is 0. The molecule has 6 nitrogen and oxygen atoms in total. The molecule has 2 aromatic rings. The van der Waals surface area contributed by atoms with Gasteiger partial charge in [0.25, 0.3) is 0 Å². The molecule has 2 amide bonds. The van der Waals surface area contributed by atoms with Crippen molar-refractivity contribution in [3.8, 4) is 5.69 Å². The number of rotatable bonds is 6. The quantitative estimate of drug-likeness (QED) is 0.746. The van der Waals surface area contributed by atoms with Gasteiger partial charge < -0.3 is 10.6 Å². The van der Waals surface area contributed by atoms with E-state index in [-0.39, 0.29) is 23.1 Å². The SMILES string of the molecule is Cc1cccc(-n2ccnc2SCC(=O)NC(C)C(=O)NC(C)(C)C)c1C. The van der Waals surface area contributed by atoms with E-state index in [1.807, 2.05) is 43.7 Å². The van der Waals surface area contributed by atoms with Crippen LogP contribution in [-0.2, 0) is 9.59 Å². The van der Waals surface area contributed by atoms with Crippen LogP contribution in [0.5, 0.6) is 0 Å². The first kappa shape index (κ1) is 21.0. The highest BCUT2D eigenvalue weighted by molar-refractivity contribution is 7.99. The summed E-state index contributed by atoms with van der Waals surface area (Å²) in [5.41, 5.74) is 3.09. The van der Waals surface area contributed by atoms with E-state index in [1.54, 1.807) is 13.1 Å². The van der Waals surface area contributed by atoms with Crippen LogP contribution in [0.3, 0.4) is 0 Å². The van der Waals surface area contributed by atoms with Gasteiger partial charge in [-0.3, -0.25) is 14.2 Å². The Bertz CT molecular complexity index is 824. The second kappa shape index (κ2) is 8.61. The van der Waals surface area contributed by atoms with Gasteiger partial charge in [0, 0.05) is 17.9 Å². The van der Waals surface area contributed by atoms with E-state index in [0.717, 1.165) is 10.8 Å². The number of imidazole rings is 1. The molecule has 1 heterocycles. The molecule has 27 heavy (non-hydrogen) atoms. The summed E-state index contributed by atoms with van der Waals surface area (Å²) in [5, 5.41) is 6.34. The Balaban J connectivity index is 1.98. The molecule has 2 rings (SSSR count). The molecule has 0 aliphatic carbocycles. The first-order chi connectivity index (χ1) is 12.6. The van der Waals surface area contributed by atoms with Crippen LogP contribution in [0.4, 0.5) is 0 Å². The number of carbonyl (C=O) groups excluding carboxylic acids is 2. The van der Waals surface area contributed by atoms with E-state index >= 15 is 0 Å². The van der Waals surface area contributed by atoms with Crippen molar-refractivity contribution < 1.29 is 9.59 Å². The molecular formula is C20H28N4O2S. The van der Waals surface area contributed by atoms with Crippen LogP contribution in [0.15, 0.2) is 35.7 Å². The number of aryl methyl sites for hydroxylation is 1. The maximum atomic E-state index is 12.2. The standard InChI is InChI=1S/C20H28N4O2S/c1-13-8-7-9-16(14(13)2)24-11-10-21-19(24)27-12-17(25)22-15(3)18(26)23-20(4,5)6/h7-11,15H,12H2,1-6H3,(H,22,25)(H,23,26). The molecule has 1 atom stereocenters. The minimum atomic E-state index is -0.587. The van der Waals surface area contributed by atoms with Gasteiger partial charge in [0.15, 0.2) is 5.16 Å². The maximum absolute atomic E-state index is 12.2. The predicted octanol–water partition coefficient (Wildman–Crippen LogP) is 3.00. The van der Waals surface area contributed by atoms with Crippen LogP contribution >= 0.6 is 11.8 Å². The summed E-state index contributed by atoms with van der Waals surface area (Å²) < 4.78 is 1.98. The second-order valence-corrected chi connectivity index (χ2v) is 8.56. The van der Waals surface area contributed by atoms with Gasteiger partial charge in [0.2, 0.25) is 11.8 Å². The van der Waals surface area contributed by atoms with Crippen molar-refractivity contribution in [1.29, 1.82) is 0 Å². The zero-order chi connectivity index (χ0) is 20.2. The predicted molar refractivity (Wildman–Crippen MR) is 109 cm³/mol. The second-order valence-electron chi connectivity index (χ2n) is 7.62. The van der Waals surface area contributed by atoms with Crippen molar-refractivity contribution in [3.63, 3.8) is 0 Å². The Morgan fingerprint density at radius 3 is 2.63 bits per heavy atom. The number of nitrogens with zero attached hydrogens (tertiary/aromatic N) is 2. The van der Waals surface area contributed by atoms with Crippen molar-refractivity contribution in [3.05, 3.63) is 41.7 Å². The van der Waals surface area contributed by atoms with Gasteiger partial charge in [-0.25, -0.2) is 4.98 Å². The molecule has 2 N–H and O–H groups in total. The Labute approximate surface area is 165 Å². The van der Waals surface area contributed by atoms with Gasteiger partial charge in [0.05, 0.1) is 11.4 Å². The van der Waals surface area contributed by atoms with E-state index < -0.39 is 6.04 Å². The number of hydrogen-bond donors (Lipinski definition) is 2. The molecule has 0 aliphatic heterocycles. The summed E-state index contributed by atoms with van der Waals surface area (Å²) in [6.45, 7) is 11.5. The number of carbonyl (C=O) groups is 2. The number of hydrogen-bond acceptors (Lipinski definition) is 4. The summed E-state index contributed by atoms with van der Waals surface area (Å²) in [5.74, 6) is -0.209. The monoisotopic (exact) mass is 388 g/mol. The van der Waals surface area contributed by atoms with Gasteiger partial charge in [-0.2, -0.15) is 0 Å². The lowest BCUT2D eigenvalue weighted by molar-refractivity contribution is -0.128. The topological polar surface area (TPSA) is 76.0 Å². The molecule has 0 spiro atoms. The molecule has 0 bridgehead atoms. The number of benzene rings is 1. The Kier molecular flexibility index (Phi) is 6.70. The lowest BCUT2D eigenvalue weighted by Crippen LogP contribution is -2.51. The number of amides is 2. The molecule has 1 aromatic carbocycles. The van der Waals surface area contributed by atoms with E-state index in [0.29, 0.717) is 0 Å². The van der Waals surface area contributed by atoms with Crippen molar-refractivity contribution in [2.75, 3.05) is 5.75 Å². The van der Waals surface area contributed by atoms with Crippen molar-refractivity contribution in [2.24, 2.45) is 0 Å². The minimum Gasteiger partial charge on any atom is -0.350 e. The largest absolute Gasteiger partial charge is 0.350 e. The van der Waals surface area contributed by atoms with E-state index in [1.165, 1.54) is 22.9 Å². The minimum absolute atomic E-state index is 0.189. The third-order valence-corrected chi connectivity index (χ3v) is 5.01. The number of aromatic nitrogens is 2. The van der Waals surface area contributed by atoms with Crippen LogP contribution in [0, 0.1) is 13.8 Å². The van der Waals surface area contributed by atoms with E-state index in [9.17, 15) is 9.59 Å². The first-order valence-corrected chi connectivity index (χ1v) is 9.91. The molecule has 0 fully saturated rings. The fourth-order valence-electron chi connectivity index (χ4n) is 2.53. The Morgan fingerprint density at radius 1 is 1.26 bits per heavy atom. The summed E-state index contributed by atoms with van der Waals surface area (Å²) in [4.78, 5) is 28.7. The fourth-order valence-corrected chi connectivity index (χ4v) is 3.31. The van der Waals surface area contributed by atoms with Gasteiger partial charge in [0.1, 0.15) is 6.04 Å². The first-order valence-electron chi connectivity index (χ1n) is 8.92. The Morgan fingerprint density at radius 2 is 1.96 bits per heavy atom. The van der Waals surface area contributed by atoms with Crippen LogP contribution in [-0.4, -0.2) is 38.7 Å². The molecule has 0 radical (unpaired) electrons. The van der Waals surface area contributed by atoms with Crippen LogP contribution in [0.2, 0.25) is 0 Å². The van der Waals surface area contributed by atoms with E-state index in [2.05, 4.69) is 35.5 Å². The molecule has 0 saturated carbocycles. The fraction of sp³-hybridized carbons (Fsp3) is 0.450. The van der Waals surface area contributed by atoms with E-state index in [4.69, 9.17) is 0 Å². The van der Waals surface area contributed by atoms with Crippen molar-refractivity contribution in [1.82, 2.24) is 20.2 Å². The maximum Gasteiger partial charge on any atom is 0.242 e. The number of nitrogens with one attached hydrogen (secondary N) is 2. The third-order valence-electron chi connectivity index (χ3n) is 4.04. The third kappa shape index (κ3) is 5.85. The van der Waals surface area contributed by atoms with Crippen LogP contribution < -0.4 is 10.6 Å². The van der Waals surface area contributed by atoms with Crippen LogP contribution in [0.1, 0.15) is 38.8 Å². The zero-order valence-electron chi connectivity index (χ0n) is 16.8. The van der Waals surface area contributed by atoms with Gasteiger partial charge in [-0.15, -0.1) is 0 Å². The van der Waals surface area contributed by atoms with Crippen LogP contribution in [0.25, 0.3) is 5.69 Å². The highest BCUT2D eigenvalue weighted by Gasteiger charge is 2.21. The summed E-state index contributed by atoms with van der Waals surface area (Å²) in [6, 6.07) is 5.53. The lowest BCUT2D eigenvalue weighted by atomic mass is 10.1. The molecule has 0 saturated heterocycles. The van der Waals surface area contributed by atoms with Gasteiger partial charge >= 0.3 is 0 Å². The molecule has 1 aromatic heterocycles. The number of thioether (sulfide) groups is 1. The zero-order valence-corrected chi connectivity index (χ0v) is 17.6. The average Bonchev–Trinajstić information content (AvgIpc) is 3.02. The van der Waals surface area contributed by atoms with Gasteiger partial charge in [-0.1, -0.05) is 23.9 Å². The molecule has 0 aliphatic rings.